The first kappa shape index (κ1) is 19.8. The summed E-state index contributed by atoms with van der Waals surface area (Å²) < 4.78 is 45.3. The lowest BCUT2D eigenvalue weighted by Crippen LogP contribution is -2.71. The van der Waals surface area contributed by atoms with E-state index in [-0.39, 0.29) is 33.7 Å². The number of rotatable bonds is 5. The van der Waals surface area contributed by atoms with Crippen LogP contribution in [-0.4, -0.2) is 63.7 Å². The highest BCUT2D eigenvalue weighted by molar-refractivity contribution is 7.99. The number of benzene rings is 1. The number of aromatic nitrogens is 2. The third kappa shape index (κ3) is 3.45. The number of aliphatic hydroxyl groups is 1. The van der Waals surface area contributed by atoms with Gasteiger partial charge in [0.05, 0.1) is 51.2 Å². The second-order valence-corrected chi connectivity index (χ2v) is 8.16. The minimum atomic E-state index is -4.78. The summed E-state index contributed by atoms with van der Waals surface area (Å²) in [4.78, 5) is 29.8. The van der Waals surface area contributed by atoms with E-state index in [0.29, 0.717) is 25.8 Å². The van der Waals surface area contributed by atoms with Crippen molar-refractivity contribution in [2.45, 2.75) is 29.3 Å². The van der Waals surface area contributed by atoms with E-state index in [2.05, 4.69) is 4.98 Å². The van der Waals surface area contributed by atoms with Crippen LogP contribution in [0.25, 0.3) is 10.9 Å². The van der Waals surface area contributed by atoms with Gasteiger partial charge in [0.2, 0.25) is 0 Å². The fourth-order valence-corrected chi connectivity index (χ4v) is 4.80. The molecule has 3 N–H and O–H groups in total. The molecule has 0 radical (unpaired) electrons. The highest BCUT2D eigenvalue weighted by Gasteiger charge is 2.47. The number of nitrogens with zero attached hydrogens (tertiary/aromatic N) is 1. The summed E-state index contributed by atoms with van der Waals surface area (Å²) in [6.45, 7) is 1.67. The van der Waals surface area contributed by atoms with Crippen molar-refractivity contribution in [2.75, 3.05) is 25.4 Å². The second-order valence-electron chi connectivity index (χ2n) is 6.75. The predicted octanol–water partition coefficient (Wildman–Crippen LogP) is 1.42. The summed E-state index contributed by atoms with van der Waals surface area (Å²) in [6, 6.07) is 0.900. The van der Waals surface area contributed by atoms with Gasteiger partial charge in [-0.05, 0) is 6.07 Å². The van der Waals surface area contributed by atoms with Crippen LogP contribution < -0.4 is 11.2 Å². The van der Waals surface area contributed by atoms with Gasteiger partial charge in [0.25, 0.3) is 5.56 Å². The molecule has 4 rings (SSSR count). The van der Waals surface area contributed by atoms with Crippen LogP contribution in [0, 0.1) is 0 Å². The molecule has 1 aromatic heterocycles. The van der Waals surface area contributed by atoms with Gasteiger partial charge < -0.3 is 14.8 Å². The molecular weight excluding hydrogens is 423 g/mol. The molecule has 3 atom stereocenters. The van der Waals surface area contributed by atoms with Gasteiger partial charge in [0.15, 0.2) is 0 Å². The molecular formula is C16H15ClF3N3O4S. The van der Waals surface area contributed by atoms with Gasteiger partial charge in [0, 0.05) is 18.8 Å². The Morgan fingerprint density at radius 3 is 2.71 bits per heavy atom. The molecule has 3 heterocycles. The van der Waals surface area contributed by atoms with E-state index in [9.17, 15) is 27.9 Å². The molecule has 2 aromatic rings. The fraction of sp³-hybridized carbons (Fsp3) is 0.500. The average molecular weight is 438 g/mol. The number of morpholine rings is 1. The van der Waals surface area contributed by atoms with E-state index in [1.165, 1.54) is 0 Å². The maximum absolute atomic E-state index is 13.3. The van der Waals surface area contributed by atoms with Gasteiger partial charge in [-0.25, -0.2) is 4.79 Å². The number of hydrogen-bond donors (Lipinski definition) is 3. The topological polar surface area (TPSA) is 98.4 Å². The Kier molecular flexibility index (Phi) is 4.99. The van der Waals surface area contributed by atoms with Crippen LogP contribution >= 0.6 is 23.4 Å². The molecule has 0 amide bonds. The average Bonchev–Trinajstić information content (AvgIpc) is 2.56. The van der Waals surface area contributed by atoms with Crippen LogP contribution in [0.4, 0.5) is 13.2 Å². The maximum atomic E-state index is 13.3. The van der Waals surface area contributed by atoms with Crippen LogP contribution in [0.1, 0.15) is 5.56 Å². The highest BCUT2D eigenvalue weighted by atomic mass is 35.5. The molecule has 2 fully saturated rings. The molecule has 28 heavy (non-hydrogen) atoms. The Bertz CT molecular complexity index is 1040. The van der Waals surface area contributed by atoms with Crippen molar-refractivity contribution in [3.8, 4) is 0 Å². The number of H-pyrrole nitrogens is 2. The third-order valence-electron chi connectivity index (χ3n) is 4.90. The normalized spacial score (nSPS) is 23.2. The zero-order valence-corrected chi connectivity index (χ0v) is 15.7. The van der Waals surface area contributed by atoms with Crippen LogP contribution in [0.2, 0.25) is 5.02 Å². The minimum absolute atomic E-state index is 0.0414. The van der Waals surface area contributed by atoms with Gasteiger partial charge >= 0.3 is 11.9 Å². The number of β-amino-alcohol motifs (C(OH)–C–C–N with tert-alkyl or cyclic N) is 1. The lowest BCUT2D eigenvalue weighted by Gasteiger charge is -2.55. The first-order valence-corrected chi connectivity index (χ1v) is 9.74. The summed E-state index contributed by atoms with van der Waals surface area (Å²) in [5, 5.41) is 9.32. The number of halogens is 4. The Labute approximate surface area is 164 Å². The van der Waals surface area contributed by atoms with Crippen LogP contribution in [0.5, 0.6) is 0 Å². The Hall–Kier alpha value is -1.53. The molecule has 0 aliphatic carbocycles. The van der Waals surface area contributed by atoms with E-state index < -0.39 is 34.1 Å². The lowest BCUT2D eigenvalue weighted by molar-refractivity contribution is -0.218. The number of thioether (sulfide) groups is 1. The monoisotopic (exact) mass is 437 g/mol. The van der Waals surface area contributed by atoms with Gasteiger partial charge in [-0.15, -0.1) is 11.8 Å². The molecule has 2 aliphatic rings. The molecule has 2 aliphatic heterocycles. The Morgan fingerprint density at radius 2 is 2.14 bits per heavy atom. The zero-order chi connectivity index (χ0) is 20.2. The number of aliphatic hydroxyl groups excluding tert-OH is 1. The fourth-order valence-electron chi connectivity index (χ4n) is 3.37. The second kappa shape index (κ2) is 7.06. The molecule has 0 spiro atoms. The quantitative estimate of drug-likeness (QED) is 0.612. The van der Waals surface area contributed by atoms with Crippen molar-refractivity contribution in [3.63, 3.8) is 0 Å². The Balaban J connectivity index is 1.63. The summed E-state index contributed by atoms with van der Waals surface area (Å²) in [6.07, 6.45) is -5.40. The number of nitrogens with one attached hydrogen (secondary N) is 2. The predicted molar refractivity (Wildman–Crippen MR) is 97.0 cm³/mol. The number of ether oxygens (including phenoxy) is 1. The molecule has 7 nitrogen and oxygen atoms in total. The van der Waals surface area contributed by atoms with Gasteiger partial charge in [0.1, 0.15) is 0 Å². The summed E-state index contributed by atoms with van der Waals surface area (Å²) in [5.41, 5.74) is -3.05. The van der Waals surface area contributed by atoms with Gasteiger partial charge in [-0.2, -0.15) is 13.2 Å². The molecule has 1 unspecified atom stereocenters. The summed E-state index contributed by atoms with van der Waals surface area (Å²) in [5.74, 6) is 0.0414. The van der Waals surface area contributed by atoms with Crippen molar-refractivity contribution < 1.29 is 23.0 Å². The standard InChI is InChI=1S/C16H15ClF3N3O4S/c17-11-8(16(18,19)20)1-7-12(21-15(26)22-14(7)25)13(11)28-5-6(24)2-23-3-10-9(23)4-27-10/h1,6,9-10,24H,2-5H2,(H2,21,22,25,26)/t6-,9-,10?/m1/s1. The van der Waals surface area contributed by atoms with E-state index >= 15 is 0 Å². The number of alkyl halides is 3. The number of hydrogen-bond acceptors (Lipinski definition) is 6. The lowest BCUT2D eigenvalue weighted by atomic mass is 9.94. The molecule has 1 aromatic carbocycles. The summed E-state index contributed by atoms with van der Waals surface area (Å²) >= 11 is 6.84. The Morgan fingerprint density at radius 1 is 1.39 bits per heavy atom. The van der Waals surface area contributed by atoms with E-state index in [0.717, 1.165) is 11.8 Å². The summed E-state index contributed by atoms with van der Waals surface area (Å²) in [7, 11) is 0. The third-order valence-corrected chi connectivity index (χ3v) is 6.65. The number of fused-ring (bicyclic) bond motifs is 2. The minimum Gasteiger partial charge on any atom is -0.391 e. The maximum Gasteiger partial charge on any atom is 0.417 e. The first-order chi connectivity index (χ1) is 13.1. The van der Waals surface area contributed by atoms with E-state index in [1.807, 2.05) is 9.88 Å². The number of aromatic amines is 2. The van der Waals surface area contributed by atoms with E-state index in [1.54, 1.807) is 0 Å². The zero-order valence-electron chi connectivity index (χ0n) is 14.2. The van der Waals surface area contributed by atoms with Gasteiger partial charge in [-0.1, -0.05) is 11.6 Å². The smallest absolute Gasteiger partial charge is 0.391 e. The highest BCUT2D eigenvalue weighted by Crippen LogP contribution is 2.42. The van der Waals surface area contributed by atoms with Crippen LogP contribution in [0.3, 0.4) is 0 Å². The van der Waals surface area contributed by atoms with Gasteiger partial charge in [-0.3, -0.25) is 14.7 Å². The van der Waals surface area contributed by atoms with Crippen LogP contribution in [0.15, 0.2) is 20.6 Å². The van der Waals surface area contributed by atoms with Crippen molar-refractivity contribution in [1.29, 1.82) is 0 Å². The van der Waals surface area contributed by atoms with Crippen molar-refractivity contribution in [3.05, 3.63) is 37.5 Å². The number of likely N-dealkylation sites (tertiary alicyclic amines) is 1. The molecule has 2 saturated heterocycles. The molecule has 12 heteroatoms. The molecule has 152 valence electrons. The van der Waals surface area contributed by atoms with Crippen molar-refractivity contribution in [1.82, 2.24) is 14.9 Å². The van der Waals surface area contributed by atoms with Crippen LogP contribution in [-0.2, 0) is 10.9 Å². The van der Waals surface area contributed by atoms with Crippen molar-refractivity contribution in [2.24, 2.45) is 0 Å². The SMILES string of the molecule is O=c1[nH]c(=O)c2cc(C(F)(F)F)c(Cl)c(SC[C@H](O)CN3CC4OC[C@H]43)c2[nH]1. The largest absolute Gasteiger partial charge is 0.417 e. The molecule has 0 bridgehead atoms. The first-order valence-electron chi connectivity index (χ1n) is 8.37. The van der Waals surface area contributed by atoms with Crippen molar-refractivity contribution >= 4 is 34.3 Å². The van der Waals surface area contributed by atoms with E-state index in [4.69, 9.17) is 16.3 Å². The molecule has 0 saturated carbocycles.